The van der Waals surface area contributed by atoms with Crippen molar-refractivity contribution >= 4 is 9.24 Å². The molecule has 14 heavy (non-hydrogen) atoms. The van der Waals surface area contributed by atoms with E-state index >= 15 is 0 Å². The summed E-state index contributed by atoms with van der Waals surface area (Å²) < 4.78 is 38.1. The second kappa shape index (κ2) is 3.69. The van der Waals surface area contributed by atoms with Gasteiger partial charge in [0.25, 0.3) is 0 Å². The molecule has 0 saturated carbocycles. The van der Waals surface area contributed by atoms with Crippen LogP contribution in [-0.2, 0) is 0 Å². The molecule has 3 atom stereocenters. The highest BCUT2D eigenvalue weighted by Crippen LogP contribution is 2.42. The summed E-state index contributed by atoms with van der Waals surface area (Å²) in [5.41, 5.74) is 0.202. The zero-order valence-electron chi connectivity index (χ0n) is 8.44. The second-order valence-electron chi connectivity index (χ2n) is 3.77. The van der Waals surface area contributed by atoms with E-state index in [0.29, 0.717) is 5.57 Å². The summed E-state index contributed by atoms with van der Waals surface area (Å²) in [6.45, 7) is 5.07. The molecular weight excluding hydrogens is 208 g/mol. The molecule has 0 aromatic carbocycles. The van der Waals surface area contributed by atoms with Gasteiger partial charge in [0, 0.05) is 11.2 Å². The fraction of sp³-hybridized carbons (Fsp3) is 0.600. The summed E-state index contributed by atoms with van der Waals surface area (Å²) >= 11 is 0. The average molecular weight is 222 g/mol. The Hall–Kier alpha value is -0.300. The van der Waals surface area contributed by atoms with Crippen LogP contribution >= 0.6 is 9.24 Å². The lowest BCUT2D eigenvalue weighted by Gasteiger charge is -2.29. The average Bonchev–Trinajstić information content (AvgIpc) is 1.98. The maximum absolute atomic E-state index is 12.7. The molecule has 0 nitrogen and oxygen atoms in total. The van der Waals surface area contributed by atoms with Gasteiger partial charge in [0.2, 0.25) is 0 Å². The van der Waals surface area contributed by atoms with Gasteiger partial charge in [-0.05, 0) is 25.3 Å². The molecule has 0 aromatic rings. The van der Waals surface area contributed by atoms with Crippen molar-refractivity contribution in [3.63, 3.8) is 0 Å². The van der Waals surface area contributed by atoms with Crippen LogP contribution in [0.1, 0.15) is 20.8 Å². The summed E-state index contributed by atoms with van der Waals surface area (Å²) in [6, 6.07) is 0. The Kier molecular flexibility index (Phi) is 3.10. The second-order valence-corrected chi connectivity index (χ2v) is 4.49. The van der Waals surface area contributed by atoms with Crippen molar-refractivity contribution in [3.05, 3.63) is 22.8 Å². The zero-order chi connectivity index (χ0) is 11.1. The Morgan fingerprint density at radius 3 is 2.21 bits per heavy atom. The smallest absolute Gasteiger partial charge is 0.166 e. The van der Waals surface area contributed by atoms with Crippen molar-refractivity contribution in [1.82, 2.24) is 0 Å². The van der Waals surface area contributed by atoms with E-state index in [0.717, 1.165) is 5.57 Å². The van der Waals surface area contributed by atoms with E-state index in [1.165, 1.54) is 6.92 Å². The third-order valence-electron chi connectivity index (χ3n) is 2.71. The Bertz CT molecular complexity index is 299. The molecule has 0 radical (unpaired) electrons. The lowest BCUT2D eigenvalue weighted by atomic mass is 9.86. The predicted molar refractivity (Wildman–Crippen MR) is 55.2 cm³/mol. The van der Waals surface area contributed by atoms with Gasteiger partial charge >= 0.3 is 6.18 Å². The summed E-state index contributed by atoms with van der Waals surface area (Å²) in [5, 5.41) is 0. The van der Waals surface area contributed by atoms with E-state index in [4.69, 9.17) is 0 Å². The Morgan fingerprint density at radius 1 is 1.29 bits per heavy atom. The van der Waals surface area contributed by atoms with Crippen LogP contribution in [0.4, 0.5) is 13.2 Å². The number of allylic oxidation sites excluding steroid dienone is 4. The molecule has 0 bridgehead atoms. The summed E-state index contributed by atoms with van der Waals surface area (Å²) in [7, 11) is 2.29. The number of hydrogen-bond acceptors (Lipinski definition) is 0. The zero-order valence-corrected chi connectivity index (χ0v) is 9.60. The van der Waals surface area contributed by atoms with E-state index in [1.807, 2.05) is 6.08 Å². The normalized spacial score (nSPS) is 29.2. The largest absolute Gasteiger partial charge is 0.413 e. The molecule has 1 aliphatic rings. The maximum atomic E-state index is 12.7. The van der Waals surface area contributed by atoms with Crippen molar-refractivity contribution < 1.29 is 13.2 Å². The molecule has 0 aromatic heterocycles. The monoisotopic (exact) mass is 222 g/mol. The molecule has 1 rings (SSSR count). The highest BCUT2D eigenvalue weighted by Gasteiger charge is 2.41. The van der Waals surface area contributed by atoms with Gasteiger partial charge < -0.3 is 0 Å². The SMILES string of the molecule is CC1=CC(C)C(P)C(C(F)(F)F)=C1C. The molecule has 0 aliphatic heterocycles. The summed E-state index contributed by atoms with van der Waals surface area (Å²) in [4.78, 5) is 0. The fourth-order valence-corrected chi connectivity index (χ4v) is 2.30. The molecule has 0 amide bonds. The molecule has 3 unspecified atom stereocenters. The number of alkyl halides is 3. The molecule has 0 fully saturated rings. The standard InChI is InChI=1S/C10H14F3P/c1-5-4-6(2)9(14)8(7(5)3)10(11,12)13/h4,6,9H,14H2,1-3H3. The topological polar surface area (TPSA) is 0 Å². The molecule has 1 aliphatic carbocycles. The van der Waals surface area contributed by atoms with Gasteiger partial charge in [-0.25, -0.2) is 0 Å². The van der Waals surface area contributed by atoms with E-state index in [-0.39, 0.29) is 5.92 Å². The molecule has 0 spiro atoms. The van der Waals surface area contributed by atoms with Crippen LogP contribution in [0.3, 0.4) is 0 Å². The van der Waals surface area contributed by atoms with Crippen LogP contribution in [0.5, 0.6) is 0 Å². The Morgan fingerprint density at radius 2 is 1.79 bits per heavy atom. The third kappa shape index (κ3) is 2.03. The predicted octanol–water partition coefficient (Wildman–Crippen LogP) is 3.70. The quantitative estimate of drug-likeness (QED) is 0.548. The van der Waals surface area contributed by atoms with Crippen LogP contribution < -0.4 is 0 Å². The molecular formula is C10H14F3P. The number of halogens is 3. The van der Waals surface area contributed by atoms with Crippen LogP contribution in [0, 0.1) is 5.92 Å². The fourth-order valence-electron chi connectivity index (χ4n) is 1.75. The first-order valence-corrected chi connectivity index (χ1v) is 5.14. The minimum Gasteiger partial charge on any atom is -0.166 e. The highest BCUT2D eigenvalue weighted by molar-refractivity contribution is 7.18. The van der Waals surface area contributed by atoms with Crippen molar-refractivity contribution in [2.24, 2.45) is 5.92 Å². The first-order valence-electron chi connectivity index (χ1n) is 4.47. The minimum atomic E-state index is -4.21. The number of rotatable bonds is 0. The lowest BCUT2D eigenvalue weighted by molar-refractivity contribution is -0.0950. The van der Waals surface area contributed by atoms with Gasteiger partial charge in [-0.15, -0.1) is 9.24 Å². The van der Waals surface area contributed by atoms with Gasteiger partial charge in [0.05, 0.1) is 0 Å². The number of hydrogen-bond donors (Lipinski definition) is 0. The van der Waals surface area contributed by atoms with E-state index in [9.17, 15) is 13.2 Å². The summed E-state index contributed by atoms with van der Waals surface area (Å²) in [6.07, 6.45) is -2.32. The first kappa shape index (κ1) is 11.8. The lowest BCUT2D eigenvalue weighted by Crippen LogP contribution is -2.28. The molecule has 4 heteroatoms. The molecule has 0 N–H and O–H groups in total. The molecule has 0 heterocycles. The van der Waals surface area contributed by atoms with Gasteiger partial charge in [0.15, 0.2) is 0 Å². The van der Waals surface area contributed by atoms with Crippen molar-refractivity contribution in [1.29, 1.82) is 0 Å². The van der Waals surface area contributed by atoms with Crippen molar-refractivity contribution in [2.45, 2.75) is 32.6 Å². The van der Waals surface area contributed by atoms with Gasteiger partial charge in [0.1, 0.15) is 0 Å². The van der Waals surface area contributed by atoms with Crippen LogP contribution in [-0.4, -0.2) is 11.8 Å². The van der Waals surface area contributed by atoms with Crippen molar-refractivity contribution in [3.8, 4) is 0 Å². The summed E-state index contributed by atoms with van der Waals surface area (Å²) in [5.74, 6) is -0.0691. The van der Waals surface area contributed by atoms with E-state index in [2.05, 4.69) is 9.24 Å². The van der Waals surface area contributed by atoms with Crippen molar-refractivity contribution in [2.75, 3.05) is 0 Å². The van der Waals surface area contributed by atoms with Crippen LogP contribution in [0.25, 0.3) is 0 Å². The first-order chi connectivity index (χ1) is 6.25. The molecule has 80 valence electrons. The van der Waals surface area contributed by atoms with Crippen LogP contribution in [0.2, 0.25) is 0 Å². The van der Waals surface area contributed by atoms with E-state index < -0.39 is 17.4 Å². The third-order valence-corrected chi connectivity index (χ3v) is 3.65. The minimum absolute atomic E-state index is 0.0691. The Labute approximate surface area is 84.5 Å². The van der Waals surface area contributed by atoms with E-state index in [1.54, 1.807) is 13.8 Å². The highest BCUT2D eigenvalue weighted by atomic mass is 31.0. The van der Waals surface area contributed by atoms with Gasteiger partial charge in [-0.3, -0.25) is 0 Å². The van der Waals surface area contributed by atoms with Gasteiger partial charge in [-0.1, -0.05) is 18.6 Å². The maximum Gasteiger partial charge on any atom is 0.413 e. The Balaban J connectivity index is 3.23. The van der Waals surface area contributed by atoms with Crippen LogP contribution in [0.15, 0.2) is 22.8 Å². The van der Waals surface area contributed by atoms with Gasteiger partial charge in [-0.2, -0.15) is 13.2 Å². The molecule has 0 saturated heterocycles.